The number of rotatable bonds is 46. The van der Waals surface area contributed by atoms with E-state index in [2.05, 4.69) is 79.1 Å². The van der Waals surface area contributed by atoms with Crippen LogP contribution in [0.5, 0.6) is 0 Å². The number of hydrogen-bond donors (Lipinski definition) is 6. The fraction of sp³-hybridized carbons (Fsp3) is 0.729. The number of ether oxygens (including phenoxy) is 3. The summed E-state index contributed by atoms with van der Waals surface area (Å²) in [6.07, 6.45) is 54.1. The second-order valence-electron chi connectivity index (χ2n) is 18.9. The van der Waals surface area contributed by atoms with E-state index in [4.69, 9.17) is 14.2 Å². The quantitative estimate of drug-likeness (QED) is 0.0149. The highest BCUT2D eigenvalue weighted by Crippen LogP contribution is 2.23. The Bertz CT molecular complexity index is 1440. The molecule has 0 aromatic carbocycles. The maximum Gasteiger partial charge on any atom is 0.305 e. The monoisotopic (exact) mass is 984 g/mol. The second-order valence-corrected chi connectivity index (χ2v) is 18.9. The topological polar surface area (TPSA) is 175 Å². The molecule has 11 heteroatoms. The molecule has 0 spiro atoms. The van der Waals surface area contributed by atoms with Crippen LogP contribution in [0.15, 0.2) is 85.1 Å². The molecule has 0 saturated carbocycles. The average Bonchev–Trinajstić information content (AvgIpc) is 3.36. The Kier molecular flexibility index (Phi) is 44.6. The summed E-state index contributed by atoms with van der Waals surface area (Å²) in [6, 6.07) is -0.843. The summed E-state index contributed by atoms with van der Waals surface area (Å²) in [4.78, 5) is 25.0. The number of carbonyl (C=O) groups is 2. The van der Waals surface area contributed by atoms with Gasteiger partial charge in [-0.2, -0.15) is 0 Å². The van der Waals surface area contributed by atoms with Crippen LogP contribution in [0, 0.1) is 0 Å². The molecule has 7 atom stereocenters. The first-order chi connectivity index (χ1) is 34.2. The fourth-order valence-electron chi connectivity index (χ4n) is 8.07. The van der Waals surface area contributed by atoms with E-state index >= 15 is 0 Å². The molecule has 1 saturated heterocycles. The predicted octanol–water partition coefficient (Wildman–Crippen LogP) is 12.2. The van der Waals surface area contributed by atoms with Gasteiger partial charge in [-0.05, 0) is 110 Å². The lowest BCUT2D eigenvalue weighted by Crippen LogP contribution is -2.60. The highest BCUT2D eigenvalue weighted by atomic mass is 16.7. The van der Waals surface area contributed by atoms with Gasteiger partial charge in [0.1, 0.15) is 24.4 Å². The summed E-state index contributed by atoms with van der Waals surface area (Å²) in [5, 5.41) is 54.1. The average molecular weight is 984 g/mol. The van der Waals surface area contributed by atoms with Crippen LogP contribution >= 0.6 is 0 Å². The molecule has 70 heavy (non-hydrogen) atoms. The van der Waals surface area contributed by atoms with E-state index in [1.165, 1.54) is 77.0 Å². The third kappa shape index (κ3) is 37.6. The van der Waals surface area contributed by atoms with Crippen molar-refractivity contribution >= 4 is 11.9 Å². The van der Waals surface area contributed by atoms with E-state index in [1.807, 2.05) is 19.1 Å². The van der Waals surface area contributed by atoms with E-state index in [1.54, 1.807) is 6.08 Å². The Morgan fingerprint density at radius 1 is 0.571 bits per heavy atom. The van der Waals surface area contributed by atoms with Crippen LogP contribution in [0.4, 0.5) is 0 Å². The van der Waals surface area contributed by atoms with Gasteiger partial charge in [-0.1, -0.05) is 175 Å². The van der Waals surface area contributed by atoms with E-state index < -0.39 is 49.5 Å². The lowest BCUT2D eigenvalue weighted by Gasteiger charge is -2.40. The molecular weight excluding hydrogens is 883 g/mol. The van der Waals surface area contributed by atoms with Gasteiger partial charge in [0.15, 0.2) is 6.29 Å². The van der Waals surface area contributed by atoms with Gasteiger partial charge in [-0.25, -0.2) is 0 Å². The predicted molar refractivity (Wildman–Crippen MR) is 287 cm³/mol. The van der Waals surface area contributed by atoms with Crippen molar-refractivity contribution in [1.29, 1.82) is 0 Å². The van der Waals surface area contributed by atoms with Crippen molar-refractivity contribution in [3.63, 3.8) is 0 Å². The molecule has 0 bridgehead atoms. The number of carbonyl (C=O) groups excluding carboxylic acids is 2. The van der Waals surface area contributed by atoms with Crippen LogP contribution in [-0.2, 0) is 23.8 Å². The SMILES string of the molecule is C/C=C/CC/C=C/CC/C=C/C(O)C(COC1OC(CO)C(O)C(O)C1O)NC(=O)CCCCCCCCCCCC/C=C\C=C/CCCCCOC(=O)CCCCCCC/C=C\C/C=C\CCCC. The number of aliphatic hydroxyl groups excluding tert-OH is 5. The van der Waals surface area contributed by atoms with Gasteiger partial charge < -0.3 is 45.1 Å². The van der Waals surface area contributed by atoms with E-state index in [-0.39, 0.29) is 18.5 Å². The zero-order valence-corrected chi connectivity index (χ0v) is 43.9. The summed E-state index contributed by atoms with van der Waals surface area (Å²) in [7, 11) is 0. The van der Waals surface area contributed by atoms with E-state index in [0.717, 1.165) is 103 Å². The van der Waals surface area contributed by atoms with Crippen molar-refractivity contribution in [2.24, 2.45) is 0 Å². The number of aliphatic hydroxyl groups is 5. The Balaban J connectivity index is 2.09. The van der Waals surface area contributed by atoms with Gasteiger partial charge in [0.25, 0.3) is 0 Å². The first-order valence-corrected chi connectivity index (χ1v) is 27.8. The molecule has 0 aromatic heterocycles. The Hall–Kier alpha value is -3.16. The summed E-state index contributed by atoms with van der Waals surface area (Å²) in [5.74, 6) is -0.258. The van der Waals surface area contributed by atoms with Gasteiger partial charge in [-0.15, -0.1) is 0 Å². The third-order valence-corrected chi connectivity index (χ3v) is 12.6. The standard InChI is InChI=1S/C59H101NO10/c1-3-5-7-9-11-13-14-15-24-27-31-35-39-43-47-55(64)68-48-44-40-36-32-28-25-22-20-18-16-17-19-21-23-26-30-34-38-42-46-54(63)60-51(52(62)45-41-37-33-29-12-10-8-6-4-2)50-69-59-58(67)57(66)56(65)53(49-61)70-59/h4,6,9,11-12,14-15,20,22,25,28-29,41,45,51-53,56-59,61-62,65-67H,3,5,7-8,10,13,16-19,21,23-24,26-27,30-40,42-44,46-50H2,1-2H3,(H,60,63)/b6-4+,11-9-,15-14-,22-20-,28-25-,29-12+,45-41+. The highest BCUT2D eigenvalue weighted by Gasteiger charge is 2.44. The fourth-order valence-corrected chi connectivity index (χ4v) is 8.07. The molecule has 0 radical (unpaired) electrons. The van der Waals surface area contributed by atoms with Gasteiger partial charge in [-0.3, -0.25) is 9.59 Å². The number of nitrogens with one attached hydrogen (secondary N) is 1. The molecule has 1 aliphatic heterocycles. The van der Waals surface area contributed by atoms with Gasteiger partial charge in [0.05, 0.1) is 32.0 Å². The molecular formula is C59H101NO10. The van der Waals surface area contributed by atoms with E-state index in [9.17, 15) is 35.1 Å². The summed E-state index contributed by atoms with van der Waals surface area (Å²) in [6.45, 7) is 3.97. The molecule has 11 nitrogen and oxygen atoms in total. The van der Waals surface area contributed by atoms with Crippen LogP contribution in [0.25, 0.3) is 0 Å². The molecule has 1 rings (SSSR count). The molecule has 0 aliphatic carbocycles. The summed E-state index contributed by atoms with van der Waals surface area (Å²) in [5.41, 5.74) is 0. The van der Waals surface area contributed by atoms with Gasteiger partial charge in [0.2, 0.25) is 5.91 Å². The molecule has 1 heterocycles. The molecule has 6 N–H and O–H groups in total. The second kappa shape index (κ2) is 48.1. The number of esters is 1. The largest absolute Gasteiger partial charge is 0.466 e. The first-order valence-electron chi connectivity index (χ1n) is 27.8. The highest BCUT2D eigenvalue weighted by molar-refractivity contribution is 5.76. The lowest BCUT2D eigenvalue weighted by atomic mass is 9.99. The lowest BCUT2D eigenvalue weighted by molar-refractivity contribution is -0.302. The molecule has 0 aromatic rings. The zero-order valence-electron chi connectivity index (χ0n) is 43.9. The first kappa shape index (κ1) is 64.9. The van der Waals surface area contributed by atoms with Gasteiger partial charge in [0, 0.05) is 12.8 Å². The van der Waals surface area contributed by atoms with Crippen molar-refractivity contribution in [2.45, 2.75) is 256 Å². The normalized spacial score (nSPS) is 19.9. The number of allylic oxidation sites excluding steroid dienone is 13. The number of hydrogen-bond acceptors (Lipinski definition) is 10. The minimum Gasteiger partial charge on any atom is -0.466 e. The molecule has 1 fully saturated rings. The van der Waals surface area contributed by atoms with Crippen LogP contribution in [0.3, 0.4) is 0 Å². The minimum atomic E-state index is -1.59. The van der Waals surface area contributed by atoms with Crippen LogP contribution in [0.2, 0.25) is 0 Å². The Morgan fingerprint density at radius 2 is 1.07 bits per heavy atom. The van der Waals surface area contributed by atoms with Crippen molar-refractivity contribution in [1.82, 2.24) is 5.32 Å². The Morgan fingerprint density at radius 3 is 1.66 bits per heavy atom. The maximum absolute atomic E-state index is 13.0. The molecule has 1 aliphatic rings. The van der Waals surface area contributed by atoms with Crippen LogP contribution < -0.4 is 5.32 Å². The summed E-state index contributed by atoms with van der Waals surface area (Å²) < 4.78 is 16.6. The number of amides is 1. The minimum absolute atomic E-state index is 0.0456. The van der Waals surface area contributed by atoms with Crippen molar-refractivity contribution < 1.29 is 49.3 Å². The number of unbranched alkanes of at least 4 members (excludes halogenated alkanes) is 22. The van der Waals surface area contributed by atoms with Crippen molar-refractivity contribution in [2.75, 3.05) is 19.8 Å². The van der Waals surface area contributed by atoms with Gasteiger partial charge >= 0.3 is 5.97 Å². The Labute approximate surface area is 425 Å². The van der Waals surface area contributed by atoms with E-state index in [0.29, 0.717) is 25.9 Å². The molecule has 1 amide bonds. The van der Waals surface area contributed by atoms with Crippen molar-refractivity contribution in [3.05, 3.63) is 85.1 Å². The molecule has 402 valence electrons. The third-order valence-electron chi connectivity index (χ3n) is 12.6. The summed E-state index contributed by atoms with van der Waals surface area (Å²) >= 11 is 0. The smallest absolute Gasteiger partial charge is 0.305 e. The van der Waals surface area contributed by atoms with Crippen LogP contribution in [-0.4, -0.2) is 100 Å². The maximum atomic E-state index is 13.0. The van der Waals surface area contributed by atoms with Crippen molar-refractivity contribution in [3.8, 4) is 0 Å². The zero-order chi connectivity index (χ0) is 51.0. The van der Waals surface area contributed by atoms with Crippen LogP contribution in [0.1, 0.15) is 213 Å². The molecule has 7 unspecified atom stereocenters.